The van der Waals surface area contributed by atoms with Gasteiger partial charge in [0.05, 0.1) is 19.8 Å². The Labute approximate surface area is 142 Å². The summed E-state index contributed by atoms with van der Waals surface area (Å²) in [6.07, 6.45) is 2.12. The summed E-state index contributed by atoms with van der Waals surface area (Å²) in [5.41, 5.74) is 4.00. The van der Waals surface area contributed by atoms with E-state index in [9.17, 15) is 5.11 Å². The van der Waals surface area contributed by atoms with E-state index in [1.165, 1.54) is 16.7 Å². The fraction of sp³-hybridized carbons (Fsp3) is 0.400. The average Bonchev–Trinajstić information content (AvgIpc) is 3.34. The predicted molar refractivity (Wildman–Crippen MR) is 93.0 cm³/mol. The summed E-state index contributed by atoms with van der Waals surface area (Å²) in [6, 6.07) is 12.2. The molecule has 2 atom stereocenters. The minimum absolute atomic E-state index is 0.0425. The Hall–Kier alpha value is -2.20. The monoisotopic (exact) mass is 325 g/mol. The third kappa shape index (κ3) is 2.09. The normalized spacial score (nSPS) is 25.4. The zero-order valence-electron chi connectivity index (χ0n) is 14.4. The maximum absolute atomic E-state index is 10.1. The molecule has 1 fully saturated rings. The SMILES string of the molecule is COc1ccc2c(c1)CCN(C)C21CC1c1ccc(OC)c(O)c1. The third-order valence-electron chi connectivity index (χ3n) is 5.71. The highest BCUT2D eigenvalue weighted by atomic mass is 16.5. The van der Waals surface area contributed by atoms with Crippen LogP contribution in [0, 0.1) is 0 Å². The lowest BCUT2D eigenvalue weighted by atomic mass is 9.88. The van der Waals surface area contributed by atoms with Crippen molar-refractivity contribution < 1.29 is 14.6 Å². The number of rotatable bonds is 3. The number of phenolic OH excluding ortho intramolecular Hbond substituents is 1. The minimum Gasteiger partial charge on any atom is -0.504 e. The molecule has 4 heteroatoms. The van der Waals surface area contributed by atoms with Gasteiger partial charge in [-0.25, -0.2) is 0 Å². The lowest BCUT2D eigenvalue weighted by Gasteiger charge is -2.36. The number of benzene rings is 2. The minimum atomic E-state index is 0.0425. The van der Waals surface area contributed by atoms with Crippen LogP contribution in [0.15, 0.2) is 36.4 Å². The zero-order valence-corrected chi connectivity index (χ0v) is 14.4. The molecular formula is C20H23NO3. The van der Waals surface area contributed by atoms with Crippen LogP contribution in [0.3, 0.4) is 0 Å². The van der Waals surface area contributed by atoms with E-state index in [1.54, 1.807) is 14.2 Å². The van der Waals surface area contributed by atoms with Crippen LogP contribution < -0.4 is 9.47 Å². The molecule has 2 aromatic rings. The van der Waals surface area contributed by atoms with Crippen molar-refractivity contribution in [1.82, 2.24) is 4.90 Å². The van der Waals surface area contributed by atoms with Gasteiger partial charge >= 0.3 is 0 Å². The molecular weight excluding hydrogens is 302 g/mol. The maximum Gasteiger partial charge on any atom is 0.160 e. The van der Waals surface area contributed by atoms with E-state index in [1.807, 2.05) is 12.1 Å². The third-order valence-corrected chi connectivity index (χ3v) is 5.71. The van der Waals surface area contributed by atoms with Gasteiger partial charge < -0.3 is 14.6 Å². The molecule has 0 aromatic heterocycles. The molecule has 1 saturated carbocycles. The van der Waals surface area contributed by atoms with E-state index in [-0.39, 0.29) is 11.3 Å². The van der Waals surface area contributed by atoms with Gasteiger partial charge in [-0.15, -0.1) is 0 Å². The lowest BCUT2D eigenvalue weighted by molar-refractivity contribution is 0.201. The molecule has 2 unspecified atom stereocenters. The van der Waals surface area contributed by atoms with E-state index < -0.39 is 0 Å². The Balaban J connectivity index is 1.73. The fourth-order valence-electron chi connectivity index (χ4n) is 4.31. The largest absolute Gasteiger partial charge is 0.504 e. The molecule has 4 nitrogen and oxygen atoms in total. The number of nitrogens with zero attached hydrogens (tertiary/aromatic N) is 1. The van der Waals surface area contributed by atoms with Crippen LogP contribution >= 0.6 is 0 Å². The van der Waals surface area contributed by atoms with Crippen LogP contribution in [0.1, 0.15) is 29.0 Å². The van der Waals surface area contributed by atoms with Crippen LogP contribution in [0.25, 0.3) is 0 Å². The average molecular weight is 325 g/mol. The molecule has 1 spiro atoms. The van der Waals surface area contributed by atoms with Crippen molar-refractivity contribution in [3.05, 3.63) is 53.1 Å². The number of aromatic hydroxyl groups is 1. The number of ether oxygens (including phenoxy) is 2. The van der Waals surface area contributed by atoms with Crippen molar-refractivity contribution in [3.8, 4) is 17.2 Å². The first-order chi connectivity index (χ1) is 11.6. The lowest BCUT2D eigenvalue weighted by Crippen LogP contribution is -2.39. The highest BCUT2D eigenvalue weighted by Gasteiger charge is 2.60. The smallest absolute Gasteiger partial charge is 0.160 e. The number of hydrogen-bond donors (Lipinski definition) is 1. The van der Waals surface area contributed by atoms with Crippen LogP contribution in [0.2, 0.25) is 0 Å². The van der Waals surface area contributed by atoms with Gasteiger partial charge in [-0.3, -0.25) is 4.90 Å². The summed E-state index contributed by atoms with van der Waals surface area (Å²) in [5, 5.41) is 10.1. The molecule has 2 aromatic carbocycles. The Morgan fingerprint density at radius 2 is 1.96 bits per heavy atom. The first-order valence-electron chi connectivity index (χ1n) is 8.35. The molecule has 0 amide bonds. The van der Waals surface area contributed by atoms with Gasteiger partial charge in [0.2, 0.25) is 0 Å². The van der Waals surface area contributed by atoms with Crippen LogP contribution in [0.4, 0.5) is 0 Å². The quantitative estimate of drug-likeness (QED) is 0.940. The Kier molecular flexibility index (Phi) is 3.46. The molecule has 0 bridgehead atoms. The molecule has 2 aliphatic rings. The number of methoxy groups -OCH3 is 2. The maximum atomic E-state index is 10.1. The van der Waals surface area contributed by atoms with Crippen molar-refractivity contribution in [2.75, 3.05) is 27.8 Å². The van der Waals surface area contributed by atoms with Gasteiger partial charge in [0.15, 0.2) is 11.5 Å². The highest BCUT2D eigenvalue weighted by molar-refractivity contribution is 5.52. The van der Waals surface area contributed by atoms with Gasteiger partial charge in [-0.2, -0.15) is 0 Å². The molecule has 1 heterocycles. The van der Waals surface area contributed by atoms with E-state index in [4.69, 9.17) is 9.47 Å². The second-order valence-electron chi connectivity index (χ2n) is 6.81. The topological polar surface area (TPSA) is 41.9 Å². The number of phenols is 1. The summed E-state index contributed by atoms with van der Waals surface area (Å²) in [6.45, 7) is 1.04. The van der Waals surface area contributed by atoms with Gasteiger partial charge in [-0.05, 0) is 60.8 Å². The highest BCUT2D eigenvalue weighted by Crippen LogP contribution is 2.64. The first-order valence-corrected chi connectivity index (χ1v) is 8.35. The number of hydrogen-bond acceptors (Lipinski definition) is 4. The number of fused-ring (bicyclic) bond motifs is 2. The standard InChI is InChI=1S/C20H23NO3/c1-21-9-8-14-10-15(23-2)5-6-16(14)20(21)12-17(20)13-4-7-19(24-3)18(22)11-13/h4-7,10-11,17,22H,8-9,12H2,1-3H3. The Morgan fingerprint density at radius 1 is 1.12 bits per heavy atom. The fourth-order valence-corrected chi connectivity index (χ4v) is 4.31. The van der Waals surface area contributed by atoms with E-state index in [0.717, 1.165) is 25.1 Å². The van der Waals surface area contributed by atoms with E-state index >= 15 is 0 Å². The zero-order chi connectivity index (χ0) is 16.9. The predicted octanol–water partition coefficient (Wildman–Crippen LogP) is 3.28. The van der Waals surface area contributed by atoms with E-state index in [2.05, 4.69) is 36.2 Å². The van der Waals surface area contributed by atoms with Crippen molar-refractivity contribution >= 4 is 0 Å². The van der Waals surface area contributed by atoms with Gasteiger partial charge in [0, 0.05) is 12.5 Å². The summed E-state index contributed by atoms with van der Waals surface area (Å²) >= 11 is 0. The molecule has 0 saturated heterocycles. The molecule has 4 rings (SSSR count). The summed E-state index contributed by atoms with van der Waals surface area (Å²) in [4.78, 5) is 2.47. The van der Waals surface area contributed by atoms with Gasteiger partial charge in [0.25, 0.3) is 0 Å². The summed E-state index contributed by atoms with van der Waals surface area (Å²) in [5.74, 6) is 2.06. The van der Waals surface area contributed by atoms with E-state index in [0.29, 0.717) is 11.7 Å². The Bertz CT molecular complexity index is 788. The van der Waals surface area contributed by atoms with Gasteiger partial charge in [0.1, 0.15) is 5.75 Å². The number of likely N-dealkylation sites (N-methyl/N-ethyl adjacent to an activating group) is 1. The van der Waals surface area contributed by atoms with Crippen molar-refractivity contribution in [2.45, 2.75) is 24.3 Å². The van der Waals surface area contributed by atoms with Crippen molar-refractivity contribution in [1.29, 1.82) is 0 Å². The molecule has 0 radical (unpaired) electrons. The van der Waals surface area contributed by atoms with Crippen molar-refractivity contribution in [2.24, 2.45) is 0 Å². The van der Waals surface area contributed by atoms with Crippen LogP contribution in [-0.2, 0) is 12.0 Å². The summed E-state index contributed by atoms with van der Waals surface area (Å²) < 4.78 is 10.6. The molecule has 1 aliphatic heterocycles. The van der Waals surface area contributed by atoms with Crippen molar-refractivity contribution in [3.63, 3.8) is 0 Å². The molecule has 1 N–H and O–H groups in total. The van der Waals surface area contributed by atoms with Gasteiger partial charge in [-0.1, -0.05) is 12.1 Å². The van der Waals surface area contributed by atoms with Crippen LogP contribution in [-0.4, -0.2) is 37.8 Å². The molecule has 1 aliphatic carbocycles. The second kappa shape index (κ2) is 5.42. The summed E-state index contributed by atoms with van der Waals surface area (Å²) in [7, 11) is 5.49. The molecule has 24 heavy (non-hydrogen) atoms. The second-order valence-corrected chi connectivity index (χ2v) is 6.81. The first kappa shape index (κ1) is 15.3. The van der Waals surface area contributed by atoms with Crippen LogP contribution in [0.5, 0.6) is 17.2 Å². The molecule has 126 valence electrons. The Morgan fingerprint density at radius 3 is 2.67 bits per heavy atom.